The topological polar surface area (TPSA) is 116 Å². The third kappa shape index (κ3) is 4.57. The van der Waals surface area contributed by atoms with E-state index in [1.165, 1.54) is 0 Å². The van der Waals surface area contributed by atoms with Crippen molar-refractivity contribution in [2.45, 2.75) is 26.5 Å². The van der Waals surface area contributed by atoms with E-state index in [-0.39, 0.29) is 6.54 Å². The highest BCUT2D eigenvalue weighted by Crippen LogP contribution is 2.43. The van der Waals surface area contributed by atoms with Crippen molar-refractivity contribution in [3.63, 3.8) is 0 Å². The van der Waals surface area contributed by atoms with Crippen molar-refractivity contribution in [2.75, 3.05) is 11.0 Å². The molecular formula is C27H26N4O4S. The summed E-state index contributed by atoms with van der Waals surface area (Å²) in [6.07, 6.45) is 3.57. The number of fused-ring (bicyclic) bond motifs is 3. The van der Waals surface area contributed by atoms with Crippen LogP contribution in [-0.4, -0.2) is 30.4 Å². The normalized spacial score (nSPS) is 14.4. The number of amides is 1. The Morgan fingerprint density at radius 2 is 1.92 bits per heavy atom. The molecule has 0 fully saturated rings. The van der Waals surface area contributed by atoms with Crippen LogP contribution in [0, 0.1) is 0 Å². The van der Waals surface area contributed by atoms with Gasteiger partial charge in [-0.15, -0.1) is 0 Å². The molecule has 1 aromatic heterocycles. The lowest BCUT2D eigenvalue weighted by molar-refractivity contribution is -0.118. The van der Waals surface area contributed by atoms with Crippen molar-refractivity contribution in [1.82, 2.24) is 9.78 Å². The number of sulfonamides is 1. The summed E-state index contributed by atoms with van der Waals surface area (Å²) >= 11 is 0. The average molecular weight is 503 g/mol. The molecule has 2 heterocycles. The van der Waals surface area contributed by atoms with Crippen LogP contribution in [0.2, 0.25) is 0 Å². The second-order valence-corrected chi connectivity index (χ2v) is 10.5. The predicted octanol–water partition coefficient (Wildman–Crippen LogP) is 4.15. The fourth-order valence-electron chi connectivity index (χ4n) is 4.73. The van der Waals surface area contributed by atoms with Crippen LogP contribution in [0.4, 0.5) is 5.69 Å². The van der Waals surface area contributed by atoms with E-state index in [1.807, 2.05) is 48.5 Å². The van der Waals surface area contributed by atoms with Gasteiger partial charge in [0.1, 0.15) is 18.9 Å². The molecule has 0 bridgehead atoms. The third-order valence-corrected chi connectivity index (χ3v) is 6.76. The fraction of sp³-hybridized carbons (Fsp3) is 0.185. The Bertz CT molecular complexity index is 1640. The van der Waals surface area contributed by atoms with Crippen molar-refractivity contribution in [1.29, 1.82) is 0 Å². The largest absolute Gasteiger partial charge is 0.488 e. The van der Waals surface area contributed by atoms with Crippen LogP contribution >= 0.6 is 0 Å². The monoisotopic (exact) mass is 502 g/mol. The molecule has 1 aliphatic rings. The van der Waals surface area contributed by atoms with Gasteiger partial charge >= 0.3 is 0 Å². The maximum absolute atomic E-state index is 11.8. The Balaban J connectivity index is 1.78. The molecule has 36 heavy (non-hydrogen) atoms. The molecule has 0 radical (unpaired) electrons. The summed E-state index contributed by atoms with van der Waals surface area (Å²) in [4.78, 5) is 11.5. The molecular weight excluding hydrogens is 476 g/mol. The van der Waals surface area contributed by atoms with Crippen LogP contribution in [0.1, 0.15) is 35.6 Å². The molecule has 1 amide bonds. The molecule has 0 unspecified atom stereocenters. The van der Waals surface area contributed by atoms with Gasteiger partial charge in [-0.05, 0) is 64.6 Å². The first-order valence-corrected chi connectivity index (χ1v) is 13.4. The predicted molar refractivity (Wildman–Crippen MR) is 141 cm³/mol. The zero-order chi connectivity index (χ0) is 25.4. The number of nitrogens with zero attached hydrogens (tertiary/aromatic N) is 2. The van der Waals surface area contributed by atoms with E-state index >= 15 is 0 Å². The Labute approximate surface area is 209 Å². The van der Waals surface area contributed by atoms with Gasteiger partial charge in [-0.3, -0.25) is 14.2 Å². The lowest BCUT2D eigenvalue weighted by Gasteiger charge is -2.18. The van der Waals surface area contributed by atoms with Crippen LogP contribution in [0.3, 0.4) is 0 Å². The summed E-state index contributed by atoms with van der Waals surface area (Å²) in [5.74, 6) is 0.304. The number of anilines is 1. The number of carbonyl (C=O) groups excluding carboxylic acids is 1. The highest BCUT2D eigenvalue weighted by atomic mass is 32.2. The van der Waals surface area contributed by atoms with E-state index in [0.717, 1.165) is 56.3 Å². The number of ether oxygens (including phenoxy) is 1. The number of hydrogen-bond acceptors (Lipinski definition) is 5. The summed E-state index contributed by atoms with van der Waals surface area (Å²) in [6, 6.07) is 19.4. The van der Waals surface area contributed by atoms with Gasteiger partial charge < -0.3 is 10.5 Å². The van der Waals surface area contributed by atoms with Gasteiger partial charge in [-0.2, -0.15) is 5.10 Å². The van der Waals surface area contributed by atoms with E-state index in [4.69, 9.17) is 10.5 Å². The summed E-state index contributed by atoms with van der Waals surface area (Å²) in [5.41, 5.74) is 12.6. The Kier molecular flexibility index (Phi) is 6.01. The van der Waals surface area contributed by atoms with Crippen LogP contribution in [0.15, 0.2) is 66.9 Å². The third-order valence-electron chi connectivity index (χ3n) is 6.15. The van der Waals surface area contributed by atoms with E-state index < -0.39 is 15.9 Å². The average Bonchev–Trinajstić information content (AvgIpc) is 3.12. The minimum absolute atomic E-state index is 0.00754. The van der Waals surface area contributed by atoms with Gasteiger partial charge in [0.25, 0.3) is 0 Å². The van der Waals surface area contributed by atoms with Crippen molar-refractivity contribution in [3.05, 3.63) is 89.1 Å². The molecule has 3 aromatic carbocycles. The Morgan fingerprint density at radius 1 is 1.11 bits per heavy atom. The molecule has 0 atom stereocenters. The number of para-hydroxylation sites is 1. The van der Waals surface area contributed by atoms with Gasteiger partial charge in [0.05, 0.1) is 18.0 Å². The van der Waals surface area contributed by atoms with Crippen molar-refractivity contribution < 1.29 is 17.9 Å². The lowest BCUT2D eigenvalue weighted by atomic mass is 9.86. The SMILES string of the molecule is CC/C(=C1\c2cc3cnn(CC(N)=O)c3cc2COc2ccccc21)c1cccc(NS(C)(=O)=O)c1. The number of benzene rings is 3. The van der Waals surface area contributed by atoms with E-state index in [1.54, 1.807) is 16.9 Å². The zero-order valence-corrected chi connectivity index (χ0v) is 20.8. The summed E-state index contributed by atoms with van der Waals surface area (Å²) < 4.78 is 34.1. The zero-order valence-electron chi connectivity index (χ0n) is 20.0. The molecule has 1 aliphatic heterocycles. The maximum Gasteiger partial charge on any atom is 0.239 e. The van der Waals surface area contributed by atoms with Crippen molar-refractivity contribution in [2.24, 2.45) is 5.73 Å². The highest BCUT2D eigenvalue weighted by molar-refractivity contribution is 7.92. The first-order chi connectivity index (χ1) is 17.2. The van der Waals surface area contributed by atoms with Crippen LogP contribution < -0.4 is 15.2 Å². The molecule has 3 N–H and O–H groups in total. The van der Waals surface area contributed by atoms with E-state index in [2.05, 4.69) is 22.8 Å². The number of nitrogens with one attached hydrogen (secondary N) is 1. The second kappa shape index (κ2) is 9.16. The number of primary amides is 1. The quantitative estimate of drug-likeness (QED) is 0.411. The van der Waals surface area contributed by atoms with Crippen molar-refractivity contribution >= 4 is 43.7 Å². The Morgan fingerprint density at radius 3 is 2.67 bits per heavy atom. The van der Waals surface area contributed by atoms with Gasteiger partial charge in [0.2, 0.25) is 15.9 Å². The minimum Gasteiger partial charge on any atom is -0.488 e. The lowest BCUT2D eigenvalue weighted by Crippen LogP contribution is -2.19. The second-order valence-electron chi connectivity index (χ2n) is 8.78. The number of allylic oxidation sites excluding steroid dienone is 1. The van der Waals surface area contributed by atoms with Gasteiger partial charge in [-0.1, -0.05) is 37.3 Å². The molecule has 5 rings (SSSR count). The highest BCUT2D eigenvalue weighted by Gasteiger charge is 2.24. The molecule has 9 heteroatoms. The first-order valence-electron chi connectivity index (χ1n) is 11.5. The van der Waals surface area contributed by atoms with Crippen LogP contribution in [0.25, 0.3) is 22.0 Å². The minimum atomic E-state index is -3.41. The molecule has 0 spiro atoms. The molecule has 4 aromatic rings. The maximum atomic E-state index is 11.8. The van der Waals surface area contributed by atoms with Crippen LogP contribution in [0.5, 0.6) is 5.75 Å². The Hall–Kier alpha value is -4.11. The standard InChI is InChI=1S/C27H26N4O4S/c1-3-21(17-7-6-8-20(11-17)30-36(2,33)34)27-22-9-4-5-10-25(22)35-16-19-13-24-18(12-23(19)27)14-29-31(24)15-26(28)32/h4-14,30H,3,15-16H2,1-2H3,(H2,28,32)/b27-21+. The van der Waals surface area contributed by atoms with Gasteiger partial charge in [0.15, 0.2) is 0 Å². The molecule has 8 nitrogen and oxygen atoms in total. The van der Waals surface area contributed by atoms with Gasteiger partial charge in [0, 0.05) is 16.6 Å². The number of carbonyl (C=O) groups is 1. The summed E-state index contributed by atoms with van der Waals surface area (Å²) in [5, 5.41) is 5.25. The number of nitrogens with two attached hydrogens (primary N) is 1. The summed E-state index contributed by atoms with van der Waals surface area (Å²) in [6.45, 7) is 2.42. The van der Waals surface area contributed by atoms with Crippen molar-refractivity contribution in [3.8, 4) is 5.75 Å². The smallest absolute Gasteiger partial charge is 0.239 e. The van der Waals surface area contributed by atoms with Crippen LogP contribution in [-0.2, 0) is 28.0 Å². The summed E-state index contributed by atoms with van der Waals surface area (Å²) in [7, 11) is -3.41. The fourth-order valence-corrected chi connectivity index (χ4v) is 5.28. The van der Waals surface area contributed by atoms with Gasteiger partial charge in [-0.25, -0.2) is 8.42 Å². The van der Waals surface area contributed by atoms with E-state index in [9.17, 15) is 13.2 Å². The number of aromatic nitrogens is 2. The molecule has 0 saturated heterocycles. The van der Waals surface area contributed by atoms with E-state index in [0.29, 0.717) is 18.7 Å². The molecule has 184 valence electrons. The number of hydrogen-bond donors (Lipinski definition) is 2. The molecule has 0 aliphatic carbocycles. The number of rotatable bonds is 6. The first kappa shape index (κ1) is 23.6. The molecule has 0 saturated carbocycles.